The number of likely N-dealkylation sites (N-methyl/N-ethyl adjacent to an activating group) is 1. The highest BCUT2D eigenvalue weighted by Gasteiger charge is 2.15. The van der Waals surface area contributed by atoms with Crippen LogP contribution < -0.4 is 0 Å². The van der Waals surface area contributed by atoms with E-state index in [1.807, 2.05) is 26.0 Å². The fraction of sp³-hybridized carbons (Fsp3) is 0.350. The van der Waals surface area contributed by atoms with Crippen LogP contribution in [0.2, 0.25) is 0 Å². The summed E-state index contributed by atoms with van der Waals surface area (Å²) < 4.78 is 0. The van der Waals surface area contributed by atoms with Crippen molar-refractivity contribution in [2.24, 2.45) is 0 Å². The first-order chi connectivity index (χ1) is 12.1. The molecule has 0 atom stereocenters. The third kappa shape index (κ3) is 4.89. The number of aromatic nitrogens is 1. The van der Waals surface area contributed by atoms with Gasteiger partial charge in [-0.1, -0.05) is 0 Å². The summed E-state index contributed by atoms with van der Waals surface area (Å²) in [5.41, 5.74) is 2.35. The number of hydrogen-bond donors (Lipinski definition) is 0. The minimum Gasteiger partial charge on any atom is -0.341 e. The summed E-state index contributed by atoms with van der Waals surface area (Å²) in [5, 5.41) is 0. The summed E-state index contributed by atoms with van der Waals surface area (Å²) >= 11 is 0. The number of pyridine rings is 1. The van der Waals surface area contributed by atoms with Gasteiger partial charge in [-0.05, 0) is 62.2 Å². The number of hydrogen-bond acceptors (Lipinski definition) is 3. The number of carbonyl (C=O) groups excluding carboxylic acids is 2. The molecule has 0 aliphatic carbocycles. The summed E-state index contributed by atoms with van der Waals surface area (Å²) in [5.74, 6) is -0.0501. The van der Waals surface area contributed by atoms with Crippen molar-refractivity contribution in [2.75, 3.05) is 26.7 Å². The average molecular weight is 339 g/mol. The molecule has 0 fully saturated rings. The maximum absolute atomic E-state index is 12.5. The van der Waals surface area contributed by atoms with Gasteiger partial charge in [-0.2, -0.15) is 0 Å². The van der Waals surface area contributed by atoms with E-state index >= 15 is 0 Å². The SMILES string of the molecule is CCN(CC)C(=O)c1ccc(C(=O)N(C)CCc2ccncc2)cc1. The third-order valence-corrected chi connectivity index (χ3v) is 4.26. The maximum atomic E-state index is 12.5. The van der Waals surface area contributed by atoms with E-state index in [-0.39, 0.29) is 11.8 Å². The van der Waals surface area contributed by atoms with Crippen molar-refractivity contribution in [2.45, 2.75) is 20.3 Å². The first-order valence-electron chi connectivity index (χ1n) is 8.60. The highest BCUT2D eigenvalue weighted by molar-refractivity contribution is 5.97. The van der Waals surface area contributed by atoms with Crippen LogP contribution in [0, 0.1) is 0 Å². The van der Waals surface area contributed by atoms with Gasteiger partial charge in [0.1, 0.15) is 0 Å². The zero-order valence-electron chi connectivity index (χ0n) is 15.1. The predicted octanol–water partition coefficient (Wildman–Crippen LogP) is 2.88. The van der Waals surface area contributed by atoms with E-state index in [0.717, 1.165) is 12.0 Å². The zero-order valence-corrected chi connectivity index (χ0v) is 15.1. The molecule has 0 spiro atoms. The fourth-order valence-corrected chi connectivity index (χ4v) is 2.62. The predicted molar refractivity (Wildman–Crippen MR) is 98.6 cm³/mol. The van der Waals surface area contributed by atoms with Crippen molar-refractivity contribution in [1.82, 2.24) is 14.8 Å². The quantitative estimate of drug-likeness (QED) is 0.779. The number of benzene rings is 1. The van der Waals surface area contributed by atoms with E-state index in [0.29, 0.717) is 30.8 Å². The van der Waals surface area contributed by atoms with Crippen LogP contribution in [-0.2, 0) is 6.42 Å². The molecule has 0 aliphatic rings. The van der Waals surface area contributed by atoms with E-state index in [4.69, 9.17) is 0 Å². The Morgan fingerprint density at radius 1 is 0.880 bits per heavy atom. The topological polar surface area (TPSA) is 53.5 Å². The number of carbonyl (C=O) groups is 2. The summed E-state index contributed by atoms with van der Waals surface area (Å²) in [6.45, 7) is 5.89. The minimum atomic E-state index is -0.0455. The van der Waals surface area contributed by atoms with E-state index in [1.165, 1.54) is 0 Å². The molecule has 2 rings (SSSR count). The van der Waals surface area contributed by atoms with Crippen molar-refractivity contribution in [1.29, 1.82) is 0 Å². The van der Waals surface area contributed by atoms with Gasteiger partial charge < -0.3 is 9.80 Å². The van der Waals surface area contributed by atoms with Crippen LogP contribution >= 0.6 is 0 Å². The normalized spacial score (nSPS) is 10.4. The summed E-state index contributed by atoms with van der Waals surface area (Å²) in [4.78, 5) is 32.3. The van der Waals surface area contributed by atoms with Crippen molar-refractivity contribution < 1.29 is 9.59 Å². The van der Waals surface area contributed by atoms with E-state index in [9.17, 15) is 9.59 Å². The van der Waals surface area contributed by atoms with Gasteiger partial charge in [-0.25, -0.2) is 0 Å². The van der Waals surface area contributed by atoms with Gasteiger partial charge in [-0.3, -0.25) is 14.6 Å². The van der Waals surface area contributed by atoms with Crippen molar-refractivity contribution in [3.8, 4) is 0 Å². The molecule has 1 aromatic carbocycles. The van der Waals surface area contributed by atoms with Gasteiger partial charge in [0.2, 0.25) is 0 Å². The molecule has 2 amide bonds. The van der Waals surface area contributed by atoms with Gasteiger partial charge in [0.25, 0.3) is 11.8 Å². The van der Waals surface area contributed by atoms with E-state index in [2.05, 4.69) is 4.98 Å². The molecule has 1 heterocycles. The van der Waals surface area contributed by atoms with Gasteiger partial charge >= 0.3 is 0 Å². The smallest absolute Gasteiger partial charge is 0.253 e. The largest absolute Gasteiger partial charge is 0.341 e. The molecule has 2 aromatic rings. The van der Waals surface area contributed by atoms with Crippen molar-refractivity contribution in [3.05, 3.63) is 65.5 Å². The summed E-state index contributed by atoms with van der Waals surface area (Å²) in [6, 6.07) is 10.8. The first kappa shape index (κ1) is 18.6. The molecule has 5 heteroatoms. The molecule has 25 heavy (non-hydrogen) atoms. The maximum Gasteiger partial charge on any atom is 0.253 e. The summed E-state index contributed by atoms with van der Waals surface area (Å²) in [6.07, 6.45) is 4.29. The van der Waals surface area contributed by atoms with Crippen LogP contribution in [0.25, 0.3) is 0 Å². The Balaban J connectivity index is 1.98. The lowest BCUT2D eigenvalue weighted by Crippen LogP contribution is -2.31. The molecule has 0 bridgehead atoms. The Kier molecular flexibility index (Phi) is 6.69. The van der Waals surface area contributed by atoms with Gasteiger partial charge in [0.05, 0.1) is 0 Å². The zero-order chi connectivity index (χ0) is 18.2. The molecule has 0 radical (unpaired) electrons. The molecule has 0 saturated heterocycles. The fourth-order valence-electron chi connectivity index (χ4n) is 2.62. The Bertz CT molecular complexity index is 695. The lowest BCUT2D eigenvalue weighted by atomic mass is 10.1. The second kappa shape index (κ2) is 8.97. The minimum absolute atomic E-state index is 0.00459. The molecule has 1 aromatic heterocycles. The number of nitrogens with zero attached hydrogens (tertiary/aromatic N) is 3. The second-order valence-electron chi connectivity index (χ2n) is 5.89. The van der Waals surface area contributed by atoms with Crippen molar-refractivity contribution >= 4 is 11.8 Å². The Morgan fingerprint density at radius 3 is 1.92 bits per heavy atom. The molecule has 0 aliphatic heterocycles. The van der Waals surface area contributed by atoms with Crippen LogP contribution in [0.15, 0.2) is 48.8 Å². The van der Waals surface area contributed by atoms with Crippen LogP contribution in [-0.4, -0.2) is 53.3 Å². The molecule has 0 unspecified atom stereocenters. The number of amides is 2. The Hall–Kier alpha value is -2.69. The molecule has 0 N–H and O–H groups in total. The molecular weight excluding hydrogens is 314 g/mol. The van der Waals surface area contributed by atoms with Crippen LogP contribution in [0.4, 0.5) is 0 Å². The monoisotopic (exact) mass is 339 g/mol. The molecular formula is C20H25N3O2. The highest BCUT2D eigenvalue weighted by Crippen LogP contribution is 2.10. The standard InChI is InChI=1S/C20H25N3O2/c1-4-23(5-2)20(25)18-8-6-17(7-9-18)19(24)22(3)15-12-16-10-13-21-14-11-16/h6-11,13-14H,4-5,12,15H2,1-3H3. The first-order valence-corrected chi connectivity index (χ1v) is 8.60. The Morgan fingerprint density at radius 2 is 1.40 bits per heavy atom. The molecule has 0 saturated carbocycles. The van der Waals surface area contributed by atoms with Gasteiger partial charge in [-0.15, -0.1) is 0 Å². The lowest BCUT2D eigenvalue weighted by Gasteiger charge is -2.19. The average Bonchev–Trinajstić information content (AvgIpc) is 2.67. The van der Waals surface area contributed by atoms with E-state index in [1.54, 1.807) is 53.5 Å². The third-order valence-electron chi connectivity index (χ3n) is 4.26. The lowest BCUT2D eigenvalue weighted by molar-refractivity contribution is 0.0768. The van der Waals surface area contributed by atoms with Gasteiger partial charge in [0.15, 0.2) is 0 Å². The second-order valence-corrected chi connectivity index (χ2v) is 5.89. The molecule has 5 nitrogen and oxygen atoms in total. The highest BCUT2D eigenvalue weighted by atomic mass is 16.2. The van der Waals surface area contributed by atoms with Crippen LogP contribution in [0.3, 0.4) is 0 Å². The molecule has 132 valence electrons. The van der Waals surface area contributed by atoms with Crippen LogP contribution in [0.1, 0.15) is 40.1 Å². The summed E-state index contributed by atoms with van der Waals surface area (Å²) in [7, 11) is 1.79. The van der Waals surface area contributed by atoms with E-state index < -0.39 is 0 Å². The van der Waals surface area contributed by atoms with Crippen molar-refractivity contribution in [3.63, 3.8) is 0 Å². The number of rotatable bonds is 7. The van der Waals surface area contributed by atoms with Crippen LogP contribution in [0.5, 0.6) is 0 Å². The van der Waals surface area contributed by atoms with Gasteiger partial charge in [0, 0.05) is 50.2 Å². The Labute approximate surface area is 149 Å².